The normalized spacial score (nSPS) is 12.4. The number of hydrogen-bond acceptors (Lipinski definition) is 7. The van der Waals surface area contributed by atoms with Crippen molar-refractivity contribution in [1.29, 1.82) is 0 Å². The van der Waals surface area contributed by atoms with E-state index < -0.39 is 17.5 Å². The van der Waals surface area contributed by atoms with Crippen LogP contribution in [-0.4, -0.2) is 58.8 Å². The van der Waals surface area contributed by atoms with Crippen molar-refractivity contribution >= 4 is 40.5 Å². The first-order chi connectivity index (χ1) is 17.6. The molecule has 0 aliphatic carbocycles. The van der Waals surface area contributed by atoms with Gasteiger partial charge in [-0.1, -0.05) is 48.0 Å². The van der Waals surface area contributed by atoms with Crippen LogP contribution in [-0.2, 0) is 21.0 Å². The monoisotopic (exact) mass is 531 g/mol. The Morgan fingerprint density at radius 1 is 1.24 bits per heavy atom. The topological polar surface area (TPSA) is 107 Å². The number of benzene rings is 2. The highest BCUT2D eigenvalue weighted by molar-refractivity contribution is 6.31. The summed E-state index contributed by atoms with van der Waals surface area (Å²) in [7, 11) is 0. The summed E-state index contributed by atoms with van der Waals surface area (Å²) in [6.45, 7) is 5.10. The van der Waals surface area contributed by atoms with Gasteiger partial charge in [-0.2, -0.15) is 5.06 Å². The Kier molecular flexibility index (Phi) is 9.90. The van der Waals surface area contributed by atoms with Gasteiger partial charge in [0.1, 0.15) is 5.82 Å². The van der Waals surface area contributed by atoms with Crippen LogP contribution in [0.4, 0.5) is 10.2 Å². The van der Waals surface area contributed by atoms with Crippen LogP contribution in [0.3, 0.4) is 0 Å². The molecule has 1 atom stereocenters. The molecule has 3 aromatic rings. The molecule has 0 saturated heterocycles. The summed E-state index contributed by atoms with van der Waals surface area (Å²) in [6, 6.07) is 13.1. The van der Waals surface area contributed by atoms with Crippen LogP contribution in [0.1, 0.15) is 26.3 Å². The van der Waals surface area contributed by atoms with E-state index in [9.17, 15) is 19.1 Å². The van der Waals surface area contributed by atoms with Gasteiger partial charge in [-0.25, -0.2) is 14.8 Å². The highest BCUT2D eigenvalue weighted by Gasteiger charge is 2.25. The average molecular weight is 532 g/mol. The molecule has 1 heterocycles. The van der Waals surface area contributed by atoms with Crippen molar-refractivity contribution in [2.24, 2.45) is 0 Å². The molecule has 1 aromatic heterocycles. The lowest BCUT2D eigenvalue weighted by Gasteiger charge is -2.33. The molecule has 9 nitrogen and oxygen atoms in total. The summed E-state index contributed by atoms with van der Waals surface area (Å²) in [5.41, 5.74) is 2.46. The molecular weight excluding hydrogens is 501 g/mol. The molecule has 3 rings (SSSR count). The summed E-state index contributed by atoms with van der Waals surface area (Å²) in [5.74, 6) is -0.620. The molecule has 0 unspecified atom stereocenters. The van der Waals surface area contributed by atoms with Gasteiger partial charge in [0.05, 0.1) is 23.3 Å². The predicted molar refractivity (Wildman–Crippen MR) is 140 cm³/mol. The highest BCUT2D eigenvalue weighted by atomic mass is 35.5. The summed E-state index contributed by atoms with van der Waals surface area (Å²) >= 11 is 6.06. The van der Waals surface area contributed by atoms with Gasteiger partial charge in [-0.15, -0.1) is 0 Å². The number of fused-ring (bicyclic) bond motifs is 1. The van der Waals surface area contributed by atoms with Crippen LogP contribution < -0.4 is 15.8 Å². The molecule has 0 aliphatic rings. The number of hydrogen-bond donors (Lipinski definition) is 3. The smallest absolute Gasteiger partial charge is 0.239 e. The van der Waals surface area contributed by atoms with Crippen LogP contribution in [0.5, 0.6) is 0 Å². The van der Waals surface area contributed by atoms with Crippen LogP contribution in [0.15, 0.2) is 54.7 Å². The number of hydroxylamine groups is 1. The maximum absolute atomic E-state index is 13.9. The Hall–Kier alpha value is -3.15. The van der Waals surface area contributed by atoms with E-state index >= 15 is 0 Å². The van der Waals surface area contributed by atoms with E-state index in [4.69, 9.17) is 16.4 Å². The standard InChI is InChI=1S/C26H31ClFN5O4/c1-18(35)33(31-13-21-9-6-10-23(28)25(21)27)22(14-29-16-26(2,3)36)15-37-32(17-34)24-11-19-7-4-5-8-20(19)12-30-24/h4-12,17,22,29,31,36H,13-16H2,1-3H3/t22-/m0/s1. The van der Waals surface area contributed by atoms with E-state index in [0.717, 1.165) is 15.8 Å². The lowest BCUT2D eigenvalue weighted by molar-refractivity contribution is -0.137. The van der Waals surface area contributed by atoms with Crippen molar-refractivity contribution in [2.75, 3.05) is 24.8 Å². The predicted octanol–water partition coefficient (Wildman–Crippen LogP) is 3.20. The second-order valence-corrected chi connectivity index (χ2v) is 9.53. The minimum absolute atomic E-state index is 0.0408. The van der Waals surface area contributed by atoms with Crippen molar-refractivity contribution in [1.82, 2.24) is 20.7 Å². The molecule has 0 radical (unpaired) electrons. The van der Waals surface area contributed by atoms with Crippen molar-refractivity contribution in [3.63, 3.8) is 0 Å². The number of anilines is 1. The minimum atomic E-state index is -0.987. The van der Waals surface area contributed by atoms with Crippen molar-refractivity contribution in [3.8, 4) is 0 Å². The van der Waals surface area contributed by atoms with Gasteiger partial charge >= 0.3 is 0 Å². The zero-order valence-electron chi connectivity index (χ0n) is 20.9. The van der Waals surface area contributed by atoms with Gasteiger partial charge in [0.2, 0.25) is 12.3 Å². The molecule has 0 bridgehead atoms. The maximum atomic E-state index is 13.9. The number of aromatic nitrogens is 1. The number of pyridine rings is 1. The summed E-state index contributed by atoms with van der Waals surface area (Å²) < 4.78 is 13.9. The van der Waals surface area contributed by atoms with E-state index in [1.165, 1.54) is 24.1 Å². The Balaban J connectivity index is 1.77. The molecule has 3 N–H and O–H groups in total. The first-order valence-electron chi connectivity index (χ1n) is 11.7. The zero-order chi connectivity index (χ0) is 27.0. The lowest BCUT2D eigenvalue weighted by Crippen LogP contribution is -2.55. The molecule has 0 saturated carbocycles. The molecule has 198 valence electrons. The molecular formula is C26H31ClFN5O4. The Morgan fingerprint density at radius 3 is 2.65 bits per heavy atom. The number of nitrogens with zero attached hydrogens (tertiary/aromatic N) is 3. The summed E-state index contributed by atoms with van der Waals surface area (Å²) in [5, 5.41) is 17.3. The first kappa shape index (κ1) is 28.4. The fourth-order valence-corrected chi connectivity index (χ4v) is 3.82. The number of aliphatic hydroxyl groups is 1. The number of carbonyl (C=O) groups is 2. The molecule has 2 aromatic carbocycles. The van der Waals surface area contributed by atoms with E-state index in [0.29, 0.717) is 12.0 Å². The first-order valence-corrected chi connectivity index (χ1v) is 12.1. The fraction of sp³-hybridized carbons (Fsp3) is 0.346. The molecule has 0 fully saturated rings. The molecule has 11 heteroatoms. The lowest BCUT2D eigenvalue weighted by atomic mass is 10.1. The largest absolute Gasteiger partial charge is 0.389 e. The second-order valence-electron chi connectivity index (χ2n) is 9.15. The van der Waals surface area contributed by atoms with Gasteiger partial charge in [-0.05, 0) is 36.9 Å². The molecule has 37 heavy (non-hydrogen) atoms. The van der Waals surface area contributed by atoms with Gasteiger partial charge in [-0.3, -0.25) is 19.4 Å². The van der Waals surface area contributed by atoms with Crippen LogP contribution >= 0.6 is 11.6 Å². The number of hydrazine groups is 1. The fourth-order valence-electron chi connectivity index (χ4n) is 3.63. The molecule has 0 aliphatic heterocycles. The Morgan fingerprint density at radius 2 is 1.97 bits per heavy atom. The third kappa shape index (κ3) is 8.17. The third-order valence-electron chi connectivity index (χ3n) is 5.46. The second kappa shape index (κ2) is 12.9. The number of carbonyl (C=O) groups excluding carboxylic acids is 2. The average Bonchev–Trinajstić information content (AvgIpc) is 2.85. The molecule has 0 spiro atoms. The quantitative estimate of drug-likeness (QED) is 0.230. The number of nitrogens with one attached hydrogen (secondary N) is 2. The van der Waals surface area contributed by atoms with E-state index in [2.05, 4.69) is 15.7 Å². The SMILES string of the molecule is CC(=O)N(NCc1cccc(F)c1Cl)[C@@H](CNCC(C)(C)O)CON(C=O)c1cc2ccccc2cn1. The van der Waals surface area contributed by atoms with E-state index in [1.54, 1.807) is 32.2 Å². The number of amides is 2. The van der Waals surface area contributed by atoms with Gasteiger partial charge in [0, 0.05) is 38.1 Å². The Labute approximate surface area is 220 Å². The minimum Gasteiger partial charge on any atom is -0.389 e. The summed E-state index contributed by atoms with van der Waals surface area (Å²) in [4.78, 5) is 34.5. The number of halogens is 2. The third-order valence-corrected chi connectivity index (χ3v) is 5.88. The van der Waals surface area contributed by atoms with Gasteiger partial charge in [0.15, 0.2) is 5.82 Å². The summed E-state index contributed by atoms with van der Waals surface area (Å²) in [6.07, 6.45) is 2.13. The van der Waals surface area contributed by atoms with Crippen LogP contribution in [0.25, 0.3) is 10.8 Å². The van der Waals surface area contributed by atoms with E-state index in [1.807, 2.05) is 24.3 Å². The highest BCUT2D eigenvalue weighted by Crippen LogP contribution is 2.21. The maximum Gasteiger partial charge on any atom is 0.239 e. The molecule has 2 amide bonds. The van der Waals surface area contributed by atoms with Crippen LogP contribution in [0.2, 0.25) is 5.02 Å². The zero-order valence-corrected chi connectivity index (χ0v) is 21.7. The van der Waals surface area contributed by atoms with Crippen LogP contribution in [0, 0.1) is 5.82 Å². The van der Waals surface area contributed by atoms with Crippen molar-refractivity contribution < 1.29 is 23.9 Å². The number of rotatable bonds is 13. The van der Waals surface area contributed by atoms with Gasteiger partial charge in [0.25, 0.3) is 0 Å². The van der Waals surface area contributed by atoms with E-state index in [-0.39, 0.29) is 43.0 Å². The van der Waals surface area contributed by atoms with Crippen molar-refractivity contribution in [3.05, 3.63) is 71.1 Å². The Bertz CT molecular complexity index is 1220. The van der Waals surface area contributed by atoms with Crippen molar-refractivity contribution in [2.45, 2.75) is 39.0 Å². The van der Waals surface area contributed by atoms with Gasteiger partial charge < -0.3 is 10.4 Å².